The number of amides is 1. The molecule has 8 heteroatoms. The summed E-state index contributed by atoms with van der Waals surface area (Å²) < 4.78 is 10.7. The molecular formula is C20H16ClN3O4. The van der Waals surface area contributed by atoms with Gasteiger partial charge in [-0.25, -0.2) is 4.79 Å². The molecule has 1 fully saturated rings. The van der Waals surface area contributed by atoms with Crippen molar-refractivity contribution in [1.29, 1.82) is 0 Å². The lowest BCUT2D eigenvalue weighted by Crippen LogP contribution is -2.13. The molecule has 28 heavy (non-hydrogen) atoms. The Morgan fingerprint density at radius 1 is 1.11 bits per heavy atom. The summed E-state index contributed by atoms with van der Waals surface area (Å²) in [5.74, 6) is 0.0253. The zero-order valence-corrected chi connectivity index (χ0v) is 15.5. The Labute approximate surface area is 165 Å². The monoisotopic (exact) mass is 397 g/mol. The second-order valence-electron chi connectivity index (χ2n) is 6.40. The average molecular weight is 398 g/mol. The van der Waals surface area contributed by atoms with Crippen molar-refractivity contribution in [2.24, 2.45) is 5.92 Å². The number of halogens is 1. The van der Waals surface area contributed by atoms with Crippen LogP contribution in [0, 0.1) is 5.92 Å². The molecule has 0 saturated heterocycles. The van der Waals surface area contributed by atoms with Crippen LogP contribution < -0.4 is 5.32 Å². The summed E-state index contributed by atoms with van der Waals surface area (Å²) in [6.45, 7) is -0.156. The summed E-state index contributed by atoms with van der Waals surface area (Å²) in [6, 6.07) is 13.6. The van der Waals surface area contributed by atoms with E-state index in [-0.39, 0.29) is 30.2 Å². The predicted molar refractivity (Wildman–Crippen MR) is 102 cm³/mol. The van der Waals surface area contributed by atoms with E-state index < -0.39 is 5.97 Å². The van der Waals surface area contributed by atoms with Gasteiger partial charge in [0.2, 0.25) is 11.8 Å². The van der Waals surface area contributed by atoms with Gasteiger partial charge in [0.05, 0.1) is 16.1 Å². The summed E-state index contributed by atoms with van der Waals surface area (Å²) in [7, 11) is 0. The van der Waals surface area contributed by atoms with E-state index in [9.17, 15) is 9.59 Å². The maximum Gasteiger partial charge on any atom is 0.338 e. The highest BCUT2D eigenvalue weighted by Gasteiger charge is 2.29. The number of ether oxygens (including phenoxy) is 1. The van der Waals surface area contributed by atoms with E-state index in [2.05, 4.69) is 15.5 Å². The normalized spacial score (nSPS) is 13.2. The highest BCUT2D eigenvalue weighted by molar-refractivity contribution is 6.33. The van der Waals surface area contributed by atoms with Gasteiger partial charge in [-0.3, -0.25) is 4.79 Å². The van der Waals surface area contributed by atoms with Crippen LogP contribution in [0.25, 0.3) is 11.5 Å². The Kier molecular flexibility index (Phi) is 5.08. The van der Waals surface area contributed by atoms with Gasteiger partial charge in [0.25, 0.3) is 5.89 Å². The number of nitrogens with zero attached hydrogens (tertiary/aromatic N) is 2. The number of carbonyl (C=O) groups is 2. The van der Waals surface area contributed by atoms with Crippen LogP contribution in [-0.4, -0.2) is 22.1 Å². The first-order valence-corrected chi connectivity index (χ1v) is 9.13. The number of anilines is 1. The van der Waals surface area contributed by atoms with Gasteiger partial charge in [0.1, 0.15) is 0 Å². The van der Waals surface area contributed by atoms with Gasteiger partial charge < -0.3 is 14.5 Å². The third-order valence-corrected chi connectivity index (χ3v) is 4.56. The molecule has 1 amide bonds. The minimum absolute atomic E-state index is 0.0149. The van der Waals surface area contributed by atoms with E-state index in [1.165, 1.54) is 0 Å². The molecule has 7 nitrogen and oxygen atoms in total. The lowest BCUT2D eigenvalue weighted by Gasteiger charge is -2.06. The molecule has 2 aromatic carbocycles. The fourth-order valence-corrected chi connectivity index (χ4v) is 2.76. The van der Waals surface area contributed by atoms with Crippen LogP contribution in [0.4, 0.5) is 5.69 Å². The zero-order chi connectivity index (χ0) is 19.5. The lowest BCUT2D eigenvalue weighted by atomic mass is 10.2. The van der Waals surface area contributed by atoms with Crippen molar-refractivity contribution >= 4 is 29.2 Å². The summed E-state index contributed by atoms with van der Waals surface area (Å²) in [5.41, 5.74) is 1.61. The number of aromatic nitrogens is 2. The third-order valence-electron chi connectivity index (χ3n) is 4.23. The Bertz CT molecular complexity index is 1010. The predicted octanol–water partition coefficient (Wildman–Crippen LogP) is 4.10. The number of carbonyl (C=O) groups excluding carboxylic acids is 2. The fraction of sp³-hybridized carbons (Fsp3) is 0.200. The van der Waals surface area contributed by atoms with Crippen LogP contribution in [0.2, 0.25) is 5.02 Å². The number of benzene rings is 2. The zero-order valence-electron chi connectivity index (χ0n) is 14.7. The largest absolute Gasteiger partial charge is 0.452 e. The highest BCUT2D eigenvalue weighted by atomic mass is 35.5. The van der Waals surface area contributed by atoms with Gasteiger partial charge in [0, 0.05) is 11.6 Å². The molecule has 0 bridgehead atoms. The highest BCUT2D eigenvalue weighted by Crippen LogP contribution is 2.30. The Morgan fingerprint density at radius 3 is 2.57 bits per heavy atom. The number of hydrogen-bond acceptors (Lipinski definition) is 6. The van der Waals surface area contributed by atoms with Crippen molar-refractivity contribution in [1.82, 2.24) is 10.2 Å². The summed E-state index contributed by atoms with van der Waals surface area (Å²) in [4.78, 5) is 23.9. The van der Waals surface area contributed by atoms with E-state index in [1.807, 2.05) is 6.07 Å². The van der Waals surface area contributed by atoms with Gasteiger partial charge in [-0.05, 0) is 49.2 Å². The molecule has 0 unspecified atom stereocenters. The lowest BCUT2D eigenvalue weighted by molar-refractivity contribution is -0.117. The maximum atomic E-state index is 12.2. The second-order valence-corrected chi connectivity index (χ2v) is 6.81. The molecule has 1 N–H and O–H groups in total. The van der Waals surface area contributed by atoms with Crippen molar-refractivity contribution in [2.75, 3.05) is 5.32 Å². The molecule has 1 aliphatic carbocycles. The van der Waals surface area contributed by atoms with Gasteiger partial charge in [0.15, 0.2) is 6.61 Å². The summed E-state index contributed by atoms with van der Waals surface area (Å²) >= 11 is 6.10. The van der Waals surface area contributed by atoms with E-state index in [0.29, 0.717) is 21.8 Å². The van der Waals surface area contributed by atoms with Gasteiger partial charge in [-0.1, -0.05) is 23.7 Å². The summed E-state index contributed by atoms with van der Waals surface area (Å²) in [5, 5.41) is 11.1. The number of hydrogen-bond donors (Lipinski definition) is 1. The number of rotatable bonds is 6. The summed E-state index contributed by atoms with van der Waals surface area (Å²) in [6.07, 6.45) is 1.87. The molecule has 4 rings (SSSR count). The molecule has 0 atom stereocenters. The van der Waals surface area contributed by atoms with Crippen molar-refractivity contribution < 1.29 is 18.7 Å². The average Bonchev–Trinajstić information content (AvgIpc) is 3.46. The third kappa shape index (κ3) is 4.20. The van der Waals surface area contributed by atoms with E-state index in [4.69, 9.17) is 20.8 Å². The van der Waals surface area contributed by atoms with Crippen LogP contribution in [0.5, 0.6) is 0 Å². The molecule has 0 radical (unpaired) electrons. The van der Waals surface area contributed by atoms with E-state index >= 15 is 0 Å². The Morgan fingerprint density at radius 2 is 1.86 bits per heavy atom. The first kappa shape index (κ1) is 18.2. The molecule has 1 aliphatic rings. The van der Waals surface area contributed by atoms with Crippen LogP contribution in [0.3, 0.4) is 0 Å². The SMILES string of the molecule is O=C(OCc1nnc(-c2ccccc2Cl)o1)c1ccc(NC(=O)C2CC2)cc1. The van der Waals surface area contributed by atoms with Gasteiger partial charge >= 0.3 is 5.97 Å². The molecule has 1 aromatic heterocycles. The second kappa shape index (κ2) is 7.82. The van der Waals surface area contributed by atoms with E-state index in [1.54, 1.807) is 42.5 Å². The standard InChI is InChI=1S/C20H16ClN3O4/c21-16-4-2-1-3-15(16)19-24-23-17(28-19)11-27-20(26)13-7-9-14(10-8-13)22-18(25)12-5-6-12/h1-4,7-10,12H,5-6,11H2,(H,22,25). The fourth-order valence-electron chi connectivity index (χ4n) is 2.55. The van der Waals surface area contributed by atoms with Crippen LogP contribution >= 0.6 is 11.6 Å². The van der Waals surface area contributed by atoms with Crippen molar-refractivity contribution in [3.05, 3.63) is 65.0 Å². The maximum absolute atomic E-state index is 12.2. The molecule has 1 heterocycles. The van der Waals surface area contributed by atoms with Gasteiger partial charge in [-0.15, -0.1) is 10.2 Å². The molecule has 1 saturated carbocycles. The topological polar surface area (TPSA) is 94.3 Å². The minimum Gasteiger partial charge on any atom is -0.452 e. The first-order chi connectivity index (χ1) is 13.6. The molecular weight excluding hydrogens is 382 g/mol. The first-order valence-electron chi connectivity index (χ1n) is 8.75. The quantitative estimate of drug-likeness (QED) is 0.629. The van der Waals surface area contributed by atoms with Crippen molar-refractivity contribution in [3.63, 3.8) is 0 Å². The molecule has 0 spiro atoms. The molecule has 0 aliphatic heterocycles. The van der Waals surface area contributed by atoms with Crippen LogP contribution in [-0.2, 0) is 16.1 Å². The van der Waals surface area contributed by atoms with Crippen molar-refractivity contribution in [2.45, 2.75) is 19.4 Å². The molecule has 3 aromatic rings. The minimum atomic E-state index is -0.530. The smallest absolute Gasteiger partial charge is 0.338 e. The number of nitrogens with one attached hydrogen (secondary N) is 1. The molecule has 142 valence electrons. The van der Waals surface area contributed by atoms with Crippen LogP contribution in [0.15, 0.2) is 52.9 Å². The van der Waals surface area contributed by atoms with Crippen molar-refractivity contribution in [3.8, 4) is 11.5 Å². The van der Waals surface area contributed by atoms with Crippen LogP contribution in [0.1, 0.15) is 29.1 Å². The van der Waals surface area contributed by atoms with Gasteiger partial charge in [-0.2, -0.15) is 0 Å². The Balaban J connectivity index is 1.34. The van der Waals surface area contributed by atoms with E-state index in [0.717, 1.165) is 12.8 Å². The number of esters is 1. The Hall–Kier alpha value is -3.19.